The van der Waals surface area contributed by atoms with Gasteiger partial charge in [0, 0.05) is 48.1 Å². The van der Waals surface area contributed by atoms with E-state index in [1.807, 2.05) is 23.1 Å². The predicted molar refractivity (Wildman–Crippen MR) is 133 cm³/mol. The van der Waals surface area contributed by atoms with Crippen LogP contribution in [0.3, 0.4) is 0 Å². The van der Waals surface area contributed by atoms with E-state index in [4.69, 9.17) is 20.9 Å². The lowest BCUT2D eigenvalue weighted by atomic mass is 10.1. The van der Waals surface area contributed by atoms with Crippen molar-refractivity contribution in [3.8, 4) is 5.75 Å². The number of ether oxygens (including phenoxy) is 2. The molecular formula is C26H27N5O2. The molecule has 3 aromatic carbocycles. The molecule has 0 spiro atoms. The van der Waals surface area contributed by atoms with E-state index in [0.29, 0.717) is 24.7 Å². The van der Waals surface area contributed by atoms with Gasteiger partial charge in [-0.3, -0.25) is 0 Å². The van der Waals surface area contributed by atoms with Crippen LogP contribution < -0.4 is 21.1 Å². The van der Waals surface area contributed by atoms with Crippen LogP contribution in [0.4, 0.5) is 17.1 Å². The first kappa shape index (κ1) is 21.1. The topological polar surface area (TPSA) is 91.0 Å². The maximum Gasteiger partial charge on any atom is 0.144 e. The molecule has 0 saturated carbocycles. The molecule has 7 heteroatoms. The van der Waals surface area contributed by atoms with Gasteiger partial charge in [0.05, 0.1) is 24.3 Å². The summed E-state index contributed by atoms with van der Waals surface area (Å²) in [6, 6.07) is 22.6. The molecule has 0 amide bonds. The van der Waals surface area contributed by atoms with Gasteiger partial charge in [-0.05, 0) is 35.9 Å². The molecule has 0 saturated heterocycles. The van der Waals surface area contributed by atoms with Crippen LogP contribution in [0.2, 0.25) is 0 Å². The van der Waals surface area contributed by atoms with Gasteiger partial charge in [0.25, 0.3) is 0 Å². The van der Waals surface area contributed by atoms with Crippen LogP contribution in [-0.2, 0) is 11.3 Å². The number of anilines is 2. The quantitative estimate of drug-likeness (QED) is 0.327. The number of rotatable bonds is 7. The Morgan fingerprint density at radius 1 is 1.00 bits per heavy atom. The van der Waals surface area contributed by atoms with Crippen molar-refractivity contribution in [2.45, 2.75) is 12.7 Å². The van der Waals surface area contributed by atoms with Crippen molar-refractivity contribution < 1.29 is 9.47 Å². The molecule has 1 aliphatic rings. The summed E-state index contributed by atoms with van der Waals surface area (Å²) >= 11 is 0. The third-order valence-electron chi connectivity index (χ3n) is 5.89. The second-order valence-corrected chi connectivity index (χ2v) is 8.06. The highest BCUT2D eigenvalue weighted by Crippen LogP contribution is 2.39. The standard InChI is InChI=1S/C26H27N5O2/c1-32-11-12-33-25-15-23-21(14-22(25)27)26(28)31(17-29-23)20-7-8-24-19(13-20)9-10-30(24)16-18-5-3-2-4-6-18/h2-10,13-15,17,26H,11-12,16,27-28H2,1H3. The summed E-state index contributed by atoms with van der Waals surface area (Å²) in [7, 11) is 1.63. The number of nitrogens with two attached hydrogens (primary N) is 2. The highest BCUT2D eigenvalue weighted by Gasteiger charge is 2.24. The number of aromatic nitrogens is 1. The monoisotopic (exact) mass is 441 g/mol. The van der Waals surface area contributed by atoms with E-state index in [-0.39, 0.29) is 0 Å². The zero-order chi connectivity index (χ0) is 22.8. The van der Waals surface area contributed by atoms with Gasteiger partial charge < -0.3 is 30.4 Å². The van der Waals surface area contributed by atoms with Crippen LogP contribution in [0.25, 0.3) is 10.9 Å². The molecule has 0 aliphatic carbocycles. The second kappa shape index (κ2) is 8.97. The van der Waals surface area contributed by atoms with Crippen LogP contribution in [0.5, 0.6) is 5.75 Å². The number of methoxy groups -OCH3 is 1. The van der Waals surface area contributed by atoms with Crippen molar-refractivity contribution in [2.75, 3.05) is 31.0 Å². The minimum Gasteiger partial charge on any atom is -0.489 e. The van der Waals surface area contributed by atoms with E-state index in [1.54, 1.807) is 13.4 Å². The summed E-state index contributed by atoms with van der Waals surface area (Å²) in [6.07, 6.45) is 3.48. The van der Waals surface area contributed by atoms with Crippen LogP contribution in [0.1, 0.15) is 17.3 Å². The number of hydrogen-bond donors (Lipinski definition) is 2. The molecule has 0 radical (unpaired) electrons. The number of fused-ring (bicyclic) bond motifs is 2. The first-order valence-corrected chi connectivity index (χ1v) is 10.9. The third kappa shape index (κ3) is 4.16. The van der Waals surface area contributed by atoms with Gasteiger partial charge >= 0.3 is 0 Å². The van der Waals surface area contributed by atoms with Crippen molar-refractivity contribution >= 4 is 34.3 Å². The molecule has 4 N–H and O–H groups in total. The third-order valence-corrected chi connectivity index (χ3v) is 5.89. The zero-order valence-corrected chi connectivity index (χ0v) is 18.5. The molecule has 33 heavy (non-hydrogen) atoms. The molecule has 7 nitrogen and oxygen atoms in total. The fourth-order valence-electron chi connectivity index (χ4n) is 4.15. The Balaban J connectivity index is 1.40. The first-order chi connectivity index (χ1) is 16.1. The van der Waals surface area contributed by atoms with E-state index in [0.717, 1.165) is 28.9 Å². The number of hydrogen-bond acceptors (Lipinski definition) is 6. The lowest BCUT2D eigenvalue weighted by molar-refractivity contribution is 0.147. The van der Waals surface area contributed by atoms with Crippen molar-refractivity contribution in [2.24, 2.45) is 10.7 Å². The number of nitrogens with zero attached hydrogens (tertiary/aromatic N) is 3. The number of nitrogen functional groups attached to an aromatic ring is 1. The molecule has 168 valence electrons. The highest BCUT2D eigenvalue weighted by molar-refractivity contribution is 5.91. The van der Waals surface area contributed by atoms with Gasteiger partial charge in [-0.15, -0.1) is 0 Å². The SMILES string of the molecule is COCCOc1cc2c(cc1N)C(N)N(c1ccc3c(ccn3Cc3ccccc3)c1)C=N2. The Labute approximate surface area is 192 Å². The van der Waals surface area contributed by atoms with Crippen molar-refractivity contribution in [1.82, 2.24) is 4.57 Å². The average Bonchev–Trinajstić information content (AvgIpc) is 3.23. The summed E-state index contributed by atoms with van der Waals surface area (Å²) < 4.78 is 13.0. The summed E-state index contributed by atoms with van der Waals surface area (Å²) in [5.41, 5.74) is 18.4. The van der Waals surface area contributed by atoms with Crippen molar-refractivity contribution in [1.29, 1.82) is 0 Å². The Kier molecular flexibility index (Phi) is 5.73. The normalized spacial score (nSPS) is 15.1. The molecule has 1 aromatic heterocycles. The second-order valence-electron chi connectivity index (χ2n) is 8.06. The average molecular weight is 442 g/mol. The molecule has 1 unspecified atom stereocenters. The fraction of sp³-hybridized carbons (Fsp3) is 0.192. The maximum absolute atomic E-state index is 6.63. The minimum absolute atomic E-state index is 0.406. The van der Waals surface area contributed by atoms with Gasteiger partial charge in [0.15, 0.2) is 0 Å². The van der Waals surface area contributed by atoms with Crippen LogP contribution in [-0.4, -0.2) is 31.2 Å². The molecule has 1 atom stereocenters. The van der Waals surface area contributed by atoms with E-state index in [1.165, 1.54) is 11.1 Å². The Hall–Kier alpha value is -3.81. The molecule has 1 aliphatic heterocycles. The van der Waals surface area contributed by atoms with Crippen molar-refractivity contribution in [3.63, 3.8) is 0 Å². The van der Waals surface area contributed by atoms with E-state index < -0.39 is 6.17 Å². The predicted octanol–water partition coefficient (Wildman–Crippen LogP) is 4.43. The molecule has 0 fully saturated rings. The molecule has 0 bridgehead atoms. The molecule has 2 heterocycles. The minimum atomic E-state index is -0.406. The number of benzene rings is 3. The fourth-order valence-corrected chi connectivity index (χ4v) is 4.15. The van der Waals surface area contributed by atoms with Crippen LogP contribution in [0.15, 0.2) is 77.9 Å². The van der Waals surface area contributed by atoms with Gasteiger partial charge in [0.1, 0.15) is 18.5 Å². The summed E-state index contributed by atoms with van der Waals surface area (Å²) in [6.45, 7) is 1.74. The largest absolute Gasteiger partial charge is 0.489 e. The zero-order valence-electron chi connectivity index (χ0n) is 18.5. The molecular weight excluding hydrogens is 414 g/mol. The Bertz CT molecular complexity index is 1300. The number of aliphatic imine (C=N–C) groups is 1. The van der Waals surface area contributed by atoms with Gasteiger partial charge in [-0.2, -0.15) is 0 Å². The van der Waals surface area contributed by atoms with E-state index >= 15 is 0 Å². The Morgan fingerprint density at radius 3 is 2.67 bits per heavy atom. The Morgan fingerprint density at radius 2 is 1.85 bits per heavy atom. The van der Waals surface area contributed by atoms with E-state index in [9.17, 15) is 0 Å². The highest BCUT2D eigenvalue weighted by atomic mass is 16.5. The first-order valence-electron chi connectivity index (χ1n) is 10.9. The summed E-state index contributed by atoms with van der Waals surface area (Å²) in [5.74, 6) is 0.588. The van der Waals surface area contributed by atoms with Crippen LogP contribution in [0, 0.1) is 0 Å². The smallest absolute Gasteiger partial charge is 0.144 e. The summed E-state index contributed by atoms with van der Waals surface area (Å²) in [4.78, 5) is 6.58. The van der Waals surface area contributed by atoms with Crippen LogP contribution >= 0.6 is 0 Å². The molecule has 5 rings (SSSR count). The molecule has 4 aromatic rings. The lowest BCUT2D eigenvalue weighted by Crippen LogP contribution is -2.35. The van der Waals surface area contributed by atoms with Crippen molar-refractivity contribution in [3.05, 3.63) is 84.1 Å². The van der Waals surface area contributed by atoms with E-state index in [2.05, 4.69) is 64.3 Å². The summed E-state index contributed by atoms with van der Waals surface area (Å²) in [5, 5.41) is 1.15. The van der Waals surface area contributed by atoms with Gasteiger partial charge in [0.2, 0.25) is 0 Å². The van der Waals surface area contributed by atoms with Gasteiger partial charge in [-0.25, -0.2) is 4.99 Å². The maximum atomic E-state index is 6.63. The lowest BCUT2D eigenvalue weighted by Gasteiger charge is -2.31. The van der Waals surface area contributed by atoms with Gasteiger partial charge in [-0.1, -0.05) is 30.3 Å².